The van der Waals surface area contributed by atoms with Crippen LogP contribution in [0, 0.1) is 5.82 Å². The zero-order valence-corrected chi connectivity index (χ0v) is 12.9. The molecule has 1 saturated heterocycles. The molecule has 1 aromatic carbocycles. The van der Waals surface area contributed by atoms with E-state index in [4.69, 9.17) is 17.4 Å². The Labute approximate surface area is 125 Å². The molecule has 0 spiro atoms. The van der Waals surface area contributed by atoms with Crippen molar-refractivity contribution in [2.24, 2.45) is 5.84 Å². The summed E-state index contributed by atoms with van der Waals surface area (Å²) in [5, 5.41) is 0.157. The van der Waals surface area contributed by atoms with Gasteiger partial charge in [0.25, 0.3) is 0 Å². The first kappa shape index (κ1) is 15.7. The molecule has 5 heteroatoms. The minimum atomic E-state index is -0.376. The SMILES string of the molecule is CC(C)(C(Cc1ccc(Cl)c(F)c1)NN)N1CCCC1. The minimum Gasteiger partial charge on any atom is -0.297 e. The van der Waals surface area contributed by atoms with Crippen molar-refractivity contribution in [2.75, 3.05) is 13.1 Å². The molecule has 112 valence electrons. The number of nitrogens with zero attached hydrogens (tertiary/aromatic N) is 1. The van der Waals surface area contributed by atoms with Gasteiger partial charge in [-0.2, -0.15) is 0 Å². The number of halogens is 2. The molecule has 1 atom stereocenters. The van der Waals surface area contributed by atoms with Crippen LogP contribution in [0.2, 0.25) is 5.02 Å². The number of hydrogen-bond acceptors (Lipinski definition) is 3. The van der Waals surface area contributed by atoms with Gasteiger partial charge in [-0.25, -0.2) is 4.39 Å². The summed E-state index contributed by atoms with van der Waals surface area (Å²) >= 11 is 5.72. The Morgan fingerprint density at radius 3 is 2.60 bits per heavy atom. The number of hydrogen-bond donors (Lipinski definition) is 2. The molecule has 3 nitrogen and oxygen atoms in total. The maximum Gasteiger partial charge on any atom is 0.142 e. The van der Waals surface area contributed by atoms with Crippen molar-refractivity contribution in [1.29, 1.82) is 0 Å². The highest BCUT2D eigenvalue weighted by Crippen LogP contribution is 2.26. The smallest absolute Gasteiger partial charge is 0.142 e. The Balaban J connectivity index is 2.13. The maximum absolute atomic E-state index is 13.5. The molecule has 0 aliphatic carbocycles. The predicted molar refractivity (Wildman–Crippen MR) is 81.1 cm³/mol. The van der Waals surface area contributed by atoms with Crippen LogP contribution < -0.4 is 11.3 Å². The van der Waals surface area contributed by atoms with E-state index in [0.717, 1.165) is 18.7 Å². The summed E-state index contributed by atoms with van der Waals surface area (Å²) in [4.78, 5) is 2.45. The Kier molecular flexibility index (Phi) is 5.02. The molecule has 0 saturated carbocycles. The lowest BCUT2D eigenvalue weighted by Crippen LogP contribution is -2.59. The number of likely N-dealkylation sites (tertiary alicyclic amines) is 1. The van der Waals surface area contributed by atoms with Gasteiger partial charge in [0.15, 0.2) is 0 Å². The van der Waals surface area contributed by atoms with E-state index in [1.165, 1.54) is 18.9 Å². The van der Waals surface area contributed by atoms with Gasteiger partial charge in [0.1, 0.15) is 5.82 Å². The molecule has 20 heavy (non-hydrogen) atoms. The zero-order valence-electron chi connectivity index (χ0n) is 12.1. The molecule has 1 aromatic rings. The highest BCUT2D eigenvalue weighted by molar-refractivity contribution is 6.30. The Bertz CT molecular complexity index is 458. The maximum atomic E-state index is 13.5. The van der Waals surface area contributed by atoms with Gasteiger partial charge < -0.3 is 0 Å². The van der Waals surface area contributed by atoms with Gasteiger partial charge in [-0.15, -0.1) is 0 Å². The number of rotatable bonds is 5. The molecule has 0 aromatic heterocycles. The lowest BCUT2D eigenvalue weighted by atomic mass is 9.88. The third-order valence-corrected chi connectivity index (χ3v) is 4.71. The Morgan fingerprint density at radius 1 is 1.40 bits per heavy atom. The van der Waals surface area contributed by atoms with Gasteiger partial charge in [0, 0.05) is 11.6 Å². The van der Waals surface area contributed by atoms with E-state index >= 15 is 0 Å². The molecule has 1 heterocycles. The monoisotopic (exact) mass is 299 g/mol. The van der Waals surface area contributed by atoms with Gasteiger partial charge in [-0.05, 0) is 63.9 Å². The second-order valence-electron chi connectivity index (χ2n) is 6.02. The fourth-order valence-electron chi connectivity index (χ4n) is 2.93. The first-order chi connectivity index (χ1) is 9.45. The van der Waals surface area contributed by atoms with Crippen LogP contribution in [0.5, 0.6) is 0 Å². The summed E-state index contributed by atoms with van der Waals surface area (Å²) in [7, 11) is 0. The van der Waals surface area contributed by atoms with E-state index in [-0.39, 0.29) is 22.4 Å². The first-order valence-corrected chi connectivity index (χ1v) is 7.48. The van der Waals surface area contributed by atoms with Crippen LogP contribution in [0.3, 0.4) is 0 Å². The molecule has 1 fully saturated rings. The van der Waals surface area contributed by atoms with Gasteiger partial charge in [-0.1, -0.05) is 17.7 Å². The van der Waals surface area contributed by atoms with E-state index in [9.17, 15) is 4.39 Å². The summed E-state index contributed by atoms with van der Waals surface area (Å²) < 4.78 is 13.5. The molecule has 2 rings (SSSR count). The van der Waals surface area contributed by atoms with Crippen molar-refractivity contribution in [3.05, 3.63) is 34.6 Å². The third-order valence-electron chi connectivity index (χ3n) is 4.40. The molecule has 0 bridgehead atoms. The lowest BCUT2D eigenvalue weighted by Gasteiger charge is -2.42. The van der Waals surface area contributed by atoms with Crippen LogP contribution in [-0.2, 0) is 6.42 Å². The van der Waals surface area contributed by atoms with Crippen molar-refractivity contribution >= 4 is 11.6 Å². The van der Waals surface area contributed by atoms with Gasteiger partial charge in [0.05, 0.1) is 5.02 Å². The van der Waals surface area contributed by atoms with Crippen LogP contribution in [0.1, 0.15) is 32.3 Å². The van der Waals surface area contributed by atoms with E-state index in [1.807, 2.05) is 6.07 Å². The van der Waals surface area contributed by atoms with Crippen molar-refractivity contribution in [1.82, 2.24) is 10.3 Å². The standard InChI is InChI=1S/C15H23ClFN3/c1-15(2,20-7-3-4-8-20)14(19-18)10-11-5-6-12(16)13(17)9-11/h5-6,9,14,19H,3-4,7-8,10,18H2,1-2H3. The number of benzene rings is 1. The van der Waals surface area contributed by atoms with Crippen LogP contribution in [-0.4, -0.2) is 29.6 Å². The predicted octanol–water partition coefficient (Wildman–Crippen LogP) is 2.73. The van der Waals surface area contributed by atoms with Gasteiger partial charge in [0.2, 0.25) is 0 Å². The molecule has 3 N–H and O–H groups in total. The number of nitrogens with two attached hydrogens (primary N) is 1. The fraction of sp³-hybridized carbons (Fsp3) is 0.600. The van der Waals surface area contributed by atoms with Crippen molar-refractivity contribution < 1.29 is 4.39 Å². The summed E-state index contributed by atoms with van der Waals surface area (Å²) in [6, 6.07) is 5.01. The molecule has 0 radical (unpaired) electrons. The molecule has 1 aliphatic heterocycles. The van der Waals surface area contributed by atoms with E-state index in [2.05, 4.69) is 24.2 Å². The Morgan fingerprint density at radius 2 is 2.05 bits per heavy atom. The van der Waals surface area contributed by atoms with Crippen LogP contribution in [0.25, 0.3) is 0 Å². The summed E-state index contributed by atoms with van der Waals surface area (Å²) in [6.07, 6.45) is 3.14. The highest BCUT2D eigenvalue weighted by Gasteiger charge is 2.36. The topological polar surface area (TPSA) is 41.3 Å². The largest absolute Gasteiger partial charge is 0.297 e. The average molecular weight is 300 g/mol. The summed E-state index contributed by atoms with van der Waals surface area (Å²) in [5.74, 6) is 5.37. The summed E-state index contributed by atoms with van der Waals surface area (Å²) in [6.45, 7) is 6.57. The lowest BCUT2D eigenvalue weighted by molar-refractivity contribution is 0.106. The van der Waals surface area contributed by atoms with Crippen LogP contribution in [0.15, 0.2) is 18.2 Å². The normalized spacial score (nSPS) is 18.4. The third kappa shape index (κ3) is 3.31. The number of nitrogens with one attached hydrogen (secondary N) is 1. The first-order valence-electron chi connectivity index (χ1n) is 7.10. The van der Waals surface area contributed by atoms with E-state index in [1.54, 1.807) is 6.07 Å². The van der Waals surface area contributed by atoms with Crippen molar-refractivity contribution in [3.63, 3.8) is 0 Å². The van der Waals surface area contributed by atoms with Crippen molar-refractivity contribution in [2.45, 2.75) is 44.7 Å². The second kappa shape index (κ2) is 6.39. The second-order valence-corrected chi connectivity index (χ2v) is 6.43. The Hall–Kier alpha value is -0.680. The number of hydrazine groups is 1. The van der Waals surface area contributed by atoms with Crippen LogP contribution in [0.4, 0.5) is 4.39 Å². The highest BCUT2D eigenvalue weighted by atomic mass is 35.5. The van der Waals surface area contributed by atoms with E-state index < -0.39 is 0 Å². The molecular weight excluding hydrogens is 277 g/mol. The van der Waals surface area contributed by atoms with Crippen LogP contribution >= 0.6 is 11.6 Å². The molecule has 1 unspecified atom stereocenters. The van der Waals surface area contributed by atoms with E-state index in [0.29, 0.717) is 6.42 Å². The zero-order chi connectivity index (χ0) is 14.8. The molecule has 0 amide bonds. The van der Waals surface area contributed by atoms with Gasteiger partial charge in [-0.3, -0.25) is 16.2 Å². The molecule has 1 aliphatic rings. The minimum absolute atomic E-state index is 0.0566. The quantitative estimate of drug-likeness (QED) is 0.649. The molecular formula is C15H23ClFN3. The van der Waals surface area contributed by atoms with Gasteiger partial charge >= 0.3 is 0 Å². The summed E-state index contributed by atoms with van der Waals surface area (Å²) in [5.41, 5.74) is 3.74. The fourth-order valence-corrected chi connectivity index (χ4v) is 3.05. The van der Waals surface area contributed by atoms with Crippen molar-refractivity contribution in [3.8, 4) is 0 Å². The average Bonchev–Trinajstić information content (AvgIpc) is 2.94.